The fourth-order valence-corrected chi connectivity index (χ4v) is 3.49. The van der Waals surface area contributed by atoms with E-state index in [4.69, 9.17) is 5.21 Å². The van der Waals surface area contributed by atoms with Crippen LogP contribution in [0.4, 0.5) is 11.4 Å². The number of hydrogen-bond donors (Lipinski definition) is 3. The second-order valence-corrected chi connectivity index (χ2v) is 6.78. The molecule has 146 valence electrons. The Kier molecular flexibility index (Phi) is 6.06. The zero-order valence-corrected chi connectivity index (χ0v) is 15.6. The first-order valence-electron chi connectivity index (χ1n) is 9.16. The van der Waals surface area contributed by atoms with E-state index in [1.54, 1.807) is 36.4 Å². The lowest BCUT2D eigenvalue weighted by molar-refractivity contribution is -0.139. The van der Waals surface area contributed by atoms with Crippen molar-refractivity contribution in [2.24, 2.45) is 5.92 Å². The summed E-state index contributed by atoms with van der Waals surface area (Å²) in [4.78, 5) is 39.5. The molecule has 3 rings (SSSR count). The van der Waals surface area contributed by atoms with E-state index < -0.39 is 17.9 Å². The molecule has 2 amide bonds. The summed E-state index contributed by atoms with van der Waals surface area (Å²) in [5, 5.41) is 11.4. The number of anilines is 2. The van der Waals surface area contributed by atoms with Gasteiger partial charge in [-0.3, -0.25) is 30.0 Å². The molecule has 2 atom stereocenters. The van der Waals surface area contributed by atoms with Gasteiger partial charge < -0.3 is 5.32 Å². The van der Waals surface area contributed by atoms with Gasteiger partial charge in [0, 0.05) is 25.1 Å². The highest BCUT2D eigenvalue weighted by Crippen LogP contribution is 2.30. The quantitative estimate of drug-likeness (QED) is 0.526. The average Bonchev–Trinajstić information content (AvgIpc) is 2.74. The summed E-state index contributed by atoms with van der Waals surface area (Å²) < 4.78 is 0. The van der Waals surface area contributed by atoms with E-state index in [1.807, 2.05) is 18.2 Å². The van der Waals surface area contributed by atoms with Crippen LogP contribution >= 0.6 is 0 Å². The summed E-state index contributed by atoms with van der Waals surface area (Å²) in [6.45, 7) is 0. The highest BCUT2D eigenvalue weighted by atomic mass is 16.5. The van der Waals surface area contributed by atoms with Crippen LogP contribution in [0.25, 0.3) is 0 Å². The van der Waals surface area contributed by atoms with Crippen LogP contribution in [0.1, 0.15) is 18.4 Å². The number of Topliss-reactive ketones (excluding diaryl/α,β-unsaturated/α-hetero) is 1. The third-order valence-corrected chi connectivity index (χ3v) is 4.99. The van der Waals surface area contributed by atoms with E-state index in [1.165, 1.54) is 11.9 Å². The third kappa shape index (κ3) is 4.04. The first-order valence-corrected chi connectivity index (χ1v) is 9.16. The van der Waals surface area contributed by atoms with Crippen LogP contribution < -0.4 is 15.7 Å². The van der Waals surface area contributed by atoms with Crippen molar-refractivity contribution >= 4 is 29.0 Å². The maximum absolute atomic E-state index is 13.2. The Balaban J connectivity index is 1.81. The molecule has 1 aliphatic rings. The molecule has 1 aliphatic heterocycles. The van der Waals surface area contributed by atoms with Gasteiger partial charge in [0.25, 0.3) is 5.91 Å². The van der Waals surface area contributed by atoms with Crippen molar-refractivity contribution in [2.75, 3.05) is 17.4 Å². The van der Waals surface area contributed by atoms with Crippen molar-refractivity contribution in [3.05, 3.63) is 60.2 Å². The Bertz CT molecular complexity index is 852. The molecule has 1 fully saturated rings. The Morgan fingerprint density at radius 3 is 2.39 bits per heavy atom. The van der Waals surface area contributed by atoms with Crippen molar-refractivity contribution in [1.82, 2.24) is 5.32 Å². The number of nitrogens with zero attached hydrogens (tertiary/aromatic N) is 1. The molecule has 28 heavy (non-hydrogen) atoms. The van der Waals surface area contributed by atoms with Crippen molar-refractivity contribution in [1.29, 1.82) is 0 Å². The van der Waals surface area contributed by atoms with E-state index in [0.717, 1.165) is 5.56 Å². The minimum Gasteiger partial charge on any atom is -0.357 e. The smallest absolute Gasteiger partial charge is 0.250 e. The Morgan fingerprint density at radius 2 is 1.79 bits per heavy atom. The van der Waals surface area contributed by atoms with Crippen LogP contribution in [-0.4, -0.2) is 35.9 Å². The first-order chi connectivity index (χ1) is 13.5. The molecule has 0 saturated carbocycles. The number of para-hydroxylation sites is 1. The molecule has 7 nitrogen and oxygen atoms in total. The van der Waals surface area contributed by atoms with Crippen LogP contribution in [0.3, 0.4) is 0 Å². The minimum atomic E-state index is -1.13. The lowest BCUT2D eigenvalue weighted by Gasteiger charge is -2.37. The Morgan fingerprint density at radius 1 is 1.11 bits per heavy atom. The van der Waals surface area contributed by atoms with E-state index in [-0.39, 0.29) is 18.1 Å². The standard InChI is InChI=1S/C21H23N3O4/c1-22-20(26)19-18(25)13-15(10-7-14-8-11-16(23-28)12-9-14)21(27)24(19)17-5-3-2-4-6-17/h2-6,8-9,11-12,15,19,23,28H,7,10,13H2,1H3,(H,22,26)/t15-,19+/m1/s1. The zero-order chi connectivity index (χ0) is 20.1. The predicted octanol–water partition coefficient (Wildman–Crippen LogP) is 2.16. The Labute approximate surface area is 163 Å². The van der Waals surface area contributed by atoms with Gasteiger partial charge in [-0.2, -0.15) is 0 Å². The van der Waals surface area contributed by atoms with Gasteiger partial charge in [0.15, 0.2) is 11.8 Å². The number of benzene rings is 2. The molecular formula is C21H23N3O4. The number of carbonyl (C=O) groups is 3. The fraction of sp³-hybridized carbons (Fsp3) is 0.286. The van der Waals surface area contributed by atoms with Gasteiger partial charge in [-0.25, -0.2) is 0 Å². The van der Waals surface area contributed by atoms with Gasteiger partial charge in [-0.15, -0.1) is 0 Å². The summed E-state index contributed by atoms with van der Waals surface area (Å²) in [6, 6.07) is 14.9. The number of aryl methyl sites for hydroxylation is 1. The molecule has 2 aromatic carbocycles. The molecule has 0 spiro atoms. The van der Waals surface area contributed by atoms with Gasteiger partial charge in [0.1, 0.15) is 0 Å². The van der Waals surface area contributed by atoms with Crippen molar-refractivity contribution in [2.45, 2.75) is 25.3 Å². The van der Waals surface area contributed by atoms with E-state index in [9.17, 15) is 14.4 Å². The highest BCUT2D eigenvalue weighted by molar-refractivity contribution is 6.18. The average molecular weight is 381 g/mol. The summed E-state index contributed by atoms with van der Waals surface area (Å²) in [7, 11) is 1.46. The van der Waals surface area contributed by atoms with E-state index in [2.05, 4.69) is 10.8 Å². The SMILES string of the molecule is CNC(=O)[C@@H]1C(=O)C[C@@H](CCc2ccc(NO)cc2)C(=O)N1c1ccccc1. The van der Waals surface area contributed by atoms with Gasteiger partial charge in [0.05, 0.1) is 5.69 Å². The second kappa shape index (κ2) is 8.67. The summed E-state index contributed by atoms with van der Waals surface area (Å²) in [5.74, 6) is -1.43. The van der Waals surface area contributed by atoms with Gasteiger partial charge in [-0.05, 0) is 42.7 Å². The van der Waals surface area contributed by atoms with Gasteiger partial charge in [0.2, 0.25) is 5.91 Å². The lowest BCUT2D eigenvalue weighted by atomic mass is 9.85. The topological polar surface area (TPSA) is 98.7 Å². The molecule has 0 bridgehead atoms. The molecule has 2 aromatic rings. The first kappa shape index (κ1) is 19.6. The number of carbonyl (C=O) groups excluding carboxylic acids is 3. The van der Waals surface area contributed by atoms with Crippen LogP contribution in [0.15, 0.2) is 54.6 Å². The molecule has 1 heterocycles. The normalized spacial score (nSPS) is 19.4. The largest absolute Gasteiger partial charge is 0.357 e. The van der Waals surface area contributed by atoms with E-state index in [0.29, 0.717) is 24.2 Å². The minimum absolute atomic E-state index is 0.0521. The van der Waals surface area contributed by atoms with Crippen molar-refractivity contribution in [3.8, 4) is 0 Å². The molecule has 3 N–H and O–H groups in total. The van der Waals surface area contributed by atoms with E-state index >= 15 is 0 Å². The molecule has 1 saturated heterocycles. The predicted molar refractivity (Wildman–Crippen MR) is 105 cm³/mol. The van der Waals surface area contributed by atoms with Gasteiger partial charge >= 0.3 is 0 Å². The monoisotopic (exact) mass is 381 g/mol. The maximum atomic E-state index is 13.2. The molecule has 0 aliphatic carbocycles. The molecule has 0 unspecified atom stereocenters. The highest BCUT2D eigenvalue weighted by Gasteiger charge is 2.44. The Hall–Kier alpha value is -3.19. The lowest BCUT2D eigenvalue weighted by Crippen LogP contribution is -2.59. The summed E-state index contributed by atoms with van der Waals surface area (Å²) >= 11 is 0. The number of likely N-dealkylation sites (N-methyl/N-ethyl adjacent to an activating group) is 1. The molecular weight excluding hydrogens is 358 g/mol. The van der Waals surface area contributed by atoms with Crippen LogP contribution in [-0.2, 0) is 20.8 Å². The number of rotatable bonds is 6. The van der Waals surface area contributed by atoms with Crippen LogP contribution in [0.2, 0.25) is 0 Å². The number of nitrogens with one attached hydrogen (secondary N) is 2. The second-order valence-electron chi connectivity index (χ2n) is 6.78. The third-order valence-electron chi connectivity index (χ3n) is 4.99. The van der Waals surface area contributed by atoms with Crippen LogP contribution in [0.5, 0.6) is 0 Å². The molecule has 7 heteroatoms. The summed E-state index contributed by atoms with van der Waals surface area (Å²) in [5.41, 5.74) is 4.19. The molecule has 0 radical (unpaired) electrons. The maximum Gasteiger partial charge on any atom is 0.250 e. The number of ketones is 1. The number of piperidine rings is 1. The molecule has 0 aromatic heterocycles. The number of hydrogen-bond acceptors (Lipinski definition) is 5. The fourth-order valence-electron chi connectivity index (χ4n) is 3.49. The number of amides is 2. The zero-order valence-electron chi connectivity index (χ0n) is 15.6. The van der Waals surface area contributed by atoms with Crippen LogP contribution in [0, 0.1) is 5.92 Å². The van der Waals surface area contributed by atoms with Crippen molar-refractivity contribution in [3.63, 3.8) is 0 Å². The summed E-state index contributed by atoms with van der Waals surface area (Å²) in [6.07, 6.45) is 1.17. The van der Waals surface area contributed by atoms with Gasteiger partial charge in [-0.1, -0.05) is 30.3 Å². The van der Waals surface area contributed by atoms with Crippen molar-refractivity contribution < 1.29 is 19.6 Å².